The summed E-state index contributed by atoms with van der Waals surface area (Å²) in [5, 5.41) is 3.29. The molecule has 0 saturated heterocycles. The van der Waals surface area contributed by atoms with Crippen LogP contribution in [-0.2, 0) is 0 Å². The van der Waals surface area contributed by atoms with E-state index in [1.54, 1.807) is 6.07 Å². The molecular formula is C15H13BrFNO2. The maximum atomic E-state index is 13.7. The van der Waals surface area contributed by atoms with Crippen LogP contribution in [0.25, 0.3) is 0 Å². The second kappa shape index (κ2) is 5.32. The predicted octanol–water partition coefficient (Wildman–Crippen LogP) is 4.14. The molecule has 3 rings (SSSR count). The van der Waals surface area contributed by atoms with E-state index in [9.17, 15) is 4.39 Å². The van der Waals surface area contributed by atoms with Crippen LogP contribution >= 0.6 is 15.9 Å². The zero-order valence-corrected chi connectivity index (χ0v) is 12.4. The van der Waals surface area contributed by atoms with Crippen LogP contribution in [0.15, 0.2) is 40.9 Å². The topological polar surface area (TPSA) is 30.5 Å². The predicted molar refractivity (Wildman–Crippen MR) is 79.0 cm³/mol. The summed E-state index contributed by atoms with van der Waals surface area (Å²) in [5.41, 5.74) is 1.72. The summed E-state index contributed by atoms with van der Waals surface area (Å²) < 4.78 is 25.6. The number of methoxy groups -OCH3 is 1. The largest absolute Gasteiger partial charge is 0.494 e. The molecule has 1 aliphatic rings. The second-order valence-electron chi connectivity index (χ2n) is 4.52. The minimum Gasteiger partial charge on any atom is -0.494 e. The zero-order valence-electron chi connectivity index (χ0n) is 10.8. The molecule has 0 bridgehead atoms. The molecule has 5 heteroatoms. The molecule has 0 aromatic heterocycles. The molecule has 1 atom stereocenters. The Labute approximate surface area is 124 Å². The lowest BCUT2D eigenvalue weighted by Crippen LogP contribution is -2.23. The van der Waals surface area contributed by atoms with Crippen LogP contribution in [0.5, 0.6) is 11.5 Å². The van der Waals surface area contributed by atoms with Crippen LogP contribution in [0, 0.1) is 5.82 Å². The minimum atomic E-state index is -0.379. The molecule has 0 spiro atoms. The van der Waals surface area contributed by atoms with Gasteiger partial charge in [0.05, 0.1) is 19.3 Å². The number of hydrogen-bond donors (Lipinski definition) is 1. The van der Waals surface area contributed by atoms with E-state index >= 15 is 0 Å². The average Bonchev–Trinajstić information content (AvgIpc) is 2.46. The summed E-state index contributed by atoms with van der Waals surface area (Å²) in [6.07, 6.45) is -0.218. The Bertz CT molecular complexity index is 648. The van der Waals surface area contributed by atoms with Gasteiger partial charge in [0.1, 0.15) is 11.9 Å². The Morgan fingerprint density at radius 2 is 2.15 bits per heavy atom. The zero-order chi connectivity index (χ0) is 14.1. The van der Waals surface area contributed by atoms with Crippen molar-refractivity contribution in [3.8, 4) is 11.5 Å². The van der Waals surface area contributed by atoms with Crippen LogP contribution in [0.2, 0.25) is 0 Å². The van der Waals surface area contributed by atoms with E-state index in [-0.39, 0.29) is 17.7 Å². The van der Waals surface area contributed by atoms with Crippen LogP contribution < -0.4 is 14.8 Å². The third kappa shape index (κ3) is 2.45. The van der Waals surface area contributed by atoms with Gasteiger partial charge in [0, 0.05) is 4.47 Å². The highest BCUT2D eigenvalue weighted by molar-refractivity contribution is 9.10. The number of ether oxygens (including phenoxy) is 2. The van der Waals surface area contributed by atoms with E-state index in [4.69, 9.17) is 9.47 Å². The quantitative estimate of drug-likeness (QED) is 0.893. The van der Waals surface area contributed by atoms with Crippen LogP contribution in [0.3, 0.4) is 0 Å². The van der Waals surface area contributed by atoms with E-state index in [1.165, 1.54) is 13.2 Å². The molecule has 3 nitrogen and oxygen atoms in total. The van der Waals surface area contributed by atoms with E-state index in [0.717, 1.165) is 21.5 Å². The highest BCUT2D eigenvalue weighted by atomic mass is 79.9. The van der Waals surface area contributed by atoms with E-state index < -0.39 is 0 Å². The van der Waals surface area contributed by atoms with Crippen molar-refractivity contribution in [2.24, 2.45) is 0 Å². The Hall–Kier alpha value is -1.75. The van der Waals surface area contributed by atoms with E-state index in [2.05, 4.69) is 21.2 Å². The van der Waals surface area contributed by atoms with Crippen molar-refractivity contribution in [1.82, 2.24) is 0 Å². The summed E-state index contributed by atoms with van der Waals surface area (Å²) in [4.78, 5) is 0. The third-order valence-corrected chi connectivity index (χ3v) is 3.73. The molecule has 104 valence electrons. The van der Waals surface area contributed by atoms with Gasteiger partial charge in [0.15, 0.2) is 11.6 Å². The molecule has 0 fully saturated rings. The van der Waals surface area contributed by atoms with Crippen LogP contribution in [-0.4, -0.2) is 13.7 Å². The number of rotatable bonds is 2. The second-order valence-corrected chi connectivity index (χ2v) is 5.44. The third-order valence-electron chi connectivity index (χ3n) is 3.24. The van der Waals surface area contributed by atoms with Gasteiger partial charge in [0.25, 0.3) is 0 Å². The van der Waals surface area contributed by atoms with Gasteiger partial charge in [-0.1, -0.05) is 22.0 Å². The molecule has 1 aliphatic heterocycles. The number of halogens is 2. The van der Waals surface area contributed by atoms with Gasteiger partial charge in [-0.3, -0.25) is 0 Å². The highest BCUT2D eigenvalue weighted by Crippen LogP contribution is 2.36. The van der Waals surface area contributed by atoms with Crippen molar-refractivity contribution in [3.05, 3.63) is 52.3 Å². The van der Waals surface area contributed by atoms with Gasteiger partial charge in [-0.15, -0.1) is 0 Å². The first-order chi connectivity index (χ1) is 9.67. The lowest BCUT2D eigenvalue weighted by atomic mass is 10.1. The number of fused-ring (bicyclic) bond motifs is 1. The van der Waals surface area contributed by atoms with Gasteiger partial charge >= 0.3 is 0 Å². The number of nitrogens with one attached hydrogen (secondary N) is 1. The van der Waals surface area contributed by atoms with Crippen molar-refractivity contribution in [2.45, 2.75) is 6.10 Å². The van der Waals surface area contributed by atoms with Crippen molar-refractivity contribution >= 4 is 21.6 Å². The Morgan fingerprint density at radius 1 is 1.30 bits per heavy atom. The molecule has 0 radical (unpaired) electrons. The lowest BCUT2D eigenvalue weighted by molar-refractivity contribution is 0.209. The highest BCUT2D eigenvalue weighted by Gasteiger charge is 2.22. The molecule has 1 N–H and O–H groups in total. The van der Waals surface area contributed by atoms with Gasteiger partial charge in [-0.05, 0) is 35.9 Å². The molecular weight excluding hydrogens is 325 g/mol. The maximum Gasteiger partial charge on any atom is 0.165 e. The lowest BCUT2D eigenvalue weighted by Gasteiger charge is -2.28. The van der Waals surface area contributed by atoms with E-state index in [0.29, 0.717) is 6.54 Å². The van der Waals surface area contributed by atoms with Crippen LogP contribution in [0.4, 0.5) is 10.1 Å². The molecule has 0 saturated carbocycles. The fraction of sp³-hybridized carbons (Fsp3) is 0.200. The van der Waals surface area contributed by atoms with Gasteiger partial charge in [-0.25, -0.2) is 4.39 Å². The first-order valence-electron chi connectivity index (χ1n) is 6.21. The van der Waals surface area contributed by atoms with Gasteiger partial charge in [0.2, 0.25) is 0 Å². The van der Waals surface area contributed by atoms with Crippen LogP contribution in [0.1, 0.15) is 11.7 Å². The molecule has 2 aromatic carbocycles. The first-order valence-corrected chi connectivity index (χ1v) is 7.00. The summed E-state index contributed by atoms with van der Waals surface area (Å²) in [6.45, 7) is 0.592. The first kappa shape index (κ1) is 13.2. The summed E-state index contributed by atoms with van der Waals surface area (Å²) in [7, 11) is 1.45. The van der Waals surface area contributed by atoms with Crippen molar-refractivity contribution in [2.75, 3.05) is 19.0 Å². The van der Waals surface area contributed by atoms with Gasteiger partial charge < -0.3 is 14.8 Å². The smallest absolute Gasteiger partial charge is 0.165 e. The Morgan fingerprint density at radius 3 is 2.90 bits per heavy atom. The monoisotopic (exact) mass is 337 g/mol. The van der Waals surface area contributed by atoms with E-state index in [1.807, 2.05) is 24.3 Å². The number of benzene rings is 2. The molecule has 1 heterocycles. The fourth-order valence-corrected chi connectivity index (χ4v) is 2.57. The molecule has 20 heavy (non-hydrogen) atoms. The Kier molecular flexibility index (Phi) is 3.53. The number of hydrogen-bond acceptors (Lipinski definition) is 3. The maximum absolute atomic E-state index is 13.7. The summed E-state index contributed by atoms with van der Waals surface area (Å²) in [6, 6.07) is 10.6. The standard InChI is InChI=1S/C15H13BrFNO2/c1-19-13-4-2-9(6-11(13)17)15-8-18-12-7-10(16)3-5-14(12)20-15/h2-7,15,18H,8H2,1H3. The number of anilines is 1. The summed E-state index contributed by atoms with van der Waals surface area (Å²) in [5.74, 6) is 0.623. The minimum absolute atomic E-state index is 0.218. The summed E-state index contributed by atoms with van der Waals surface area (Å²) >= 11 is 3.42. The van der Waals surface area contributed by atoms with Crippen molar-refractivity contribution < 1.29 is 13.9 Å². The fourth-order valence-electron chi connectivity index (χ4n) is 2.21. The van der Waals surface area contributed by atoms with Crippen molar-refractivity contribution in [3.63, 3.8) is 0 Å². The molecule has 2 aromatic rings. The molecule has 1 unspecified atom stereocenters. The van der Waals surface area contributed by atoms with Crippen molar-refractivity contribution in [1.29, 1.82) is 0 Å². The molecule has 0 aliphatic carbocycles. The Balaban J connectivity index is 1.86. The SMILES string of the molecule is COc1ccc(C2CNc3cc(Br)ccc3O2)cc1F. The normalized spacial score (nSPS) is 16.9. The molecule has 0 amide bonds. The average molecular weight is 338 g/mol. The van der Waals surface area contributed by atoms with Gasteiger partial charge in [-0.2, -0.15) is 0 Å².